The summed E-state index contributed by atoms with van der Waals surface area (Å²) in [6.45, 7) is 2.52. The molecule has 1 fully saturated rings. The Kier molecular flexibility index (Phi) is 4.83. The van der Waals surface area contributed by atoms with Gasteiger partial charge < -0.3 is 14.6 Å². The van der Waals surface area contributed by atoms with Gasteiger partial charge in [-0.2, -0.15) is 0 Å². The fraction of sp³-hybridized carbons (Fsp3) is 0.500. The summed E-state index contributed by atoms with van der Waals surface area (Å²) in [4.78, 5) is 17.1. The zero-order chi connectivity index (χ0) is 17.1. The number of benzene rings is 1. The molecule has 1 amide bonds. The predicted octanol–water partition coefficient (Wildman–Crippen LogP) is 2.73. The largest absolute Gasteiger partial charge is 0.381 e. The molecular weight excluding hydrogens is 314 g/mol. The van der Waals surface area contributed by atoms with E-state index in [4.69, 9.17) is 4.74 Å². The number of amides is 1. The average Bonchev–Trinajstić information content (AvgIpc) is 3.32. The van der Waals surface area contributed by atoms with Crippen LogP contribution in [0.1, 0.15) is 36.6 Å². The molecule has 3 unspecified atom stereocenters. The van der Waals surface area contributed by atoms with Crippen molar-refractivity contribution in [2.24, 2.45) is 11.8 Å². The molecule has 0 spiro atoms. The molecule has 25 heavy (non-hydrogen) atoms. The second-order valence-electron chi connectivity index (χ2n) is 7.21. The Morgan fingerprint density at radius 2 is 2.20 bits per heavy atom. The van der Waals surface area contributed by atoms with Crippen molar-refractivity contribution in [2.45, 2.75) is 38.3 Å². The fourth-order valence-electron chi connectivity index (χ4n) is 3.95. The van der Waals surface area contributed by atoms with Gasteiger partial charge in [-0.1, -0.05) is 30.3 Å². The highest BCUT2D eigenvalue weighted by molar-refractivity contribution is 5.79. The Bertz CT molecular complexity index is 707. The summed E-state index contributed by atoms with van der Waals surface area (Å²) < 4.78 is 7.67. The summed E-state index contributed by atoms with van der Waals surface area (Å²) in [6.07, 6.45) is 7.42. The number of ether oxygens (including phenoxy) is 1. The van der Waals surface area contributed by atoms with Gasteiger partial charge in [0.25, 0.3) is 0 Å². The first-order chi connectivity index (χ1) is 12.3. The van der Waals surface area contributed by atoms with Crippen molar-refractivity contribution < 1.29 is 9.53 Å². The van der Waals surface area contributed by atoms with Gasteiger partial charge in [0.05, 0.1) is 12.4 Å². The zero-order valence-corrected chi connectivity index (χ0v) is 14.4. The SMILES string of the molecule is O=C(NC(CC1CCOC1)c1ccccc1)C1CCn2cncc2C1. The van der Waals surface area contributed by atoms with Crippen molar-refractivity contribution in [1.29, 1.82) is 0 Å². The van der Waals surface area contributed by atoms with E-state index in [0.717, 1.165) is 51.1 Å². The number of hydrogen-bond acceptors (Lipinski definition) is 3. The van der Waals surface area contributed by atoms with E-state index in [2.05, 4.69) is 27.0 Å². The standard InChI is InChI=1S/C20H25N3O2/c24-20(17-6-8-23-14-21-12-18(23)11-17)22-19(10-15-7-9-25-13-15)16-4-2-1-3-5-16/h1-5,12,14-15,17,19H,6-11,13H2,(H,22,24). The molecule has 5 heteroatoms. The molecule has 2 aromatic rings. The second-order valence-corrected chi connectivity index (χ2v) is 7.21. The summed E-state index contributed by atoms with van der Waals surface area (Å²) in [5.41, 5.74) is 2.34. The summed E-state index contributed by atoms with van der Waals surface area (Å²) in [6, 6.07) is 10.4. The first-order valence-corrected chi connectivity index (χ1v) is 9.21. The van der Waals surface area contributed by atoms with Gasteiger partial charge in [0.15, 0.2) is 0 Å². The van der Waals surface area contributed by atoms with E-state index in [1.165, 1.54) is 5.56 Å². The van der Waals surface area contributed by atoms with Gasteiger partial charge in [0.2, 0.25) is 5.91 Å². The van der Waals surface area contributed by atoms with E-state index in [1.807, 2.05) is 30.7 Å². The van der Waals surface area contributed by atoms with Crippen LogP contribution in [-0.4, -0.2) is 28.7 Å². The monoisotopic (exact) mass is 339 g/mol. The third-order valence-corrected chi connectivity index (χ3v) is 5.45. The number of fused-ring (bicyclic) bond motifs is 1. The maximum Gasteiger partial charge on any atom is 0.224 e. The smallest absolute Gasteiger partial charge is 0.224 e. The Hall–Kier alpha value is -2.14. The van der Waals surface area contributed by atoms with Crippen molar-refractivity contribution in [3.63, 3.8) is 0 Å². The molecule has 132 valence electrons. The highest BCUT2D eigenvalue weighted by Crippen LogP contribution is 2.28. The van der Waals surface area contributed by atoms with E-state index in [-0.39, 0.29) is 17.9 Å². The number of imidazole rings is 1. The van der Waals surface area contributed by atoms with Crippen LogP contribution in [0.4, 0.5) is 0 Å². The molecule has 1 N–H and O–H groups in total. The molecular formula is C20H25N3O2. The number of rotatable bonds is 5. The van der Waals surface area contributed by atoms with Gasteiger partial charge in [-0.05, 0) is 30.7 Å². The molecule has 4 rings (SSSR count). The lowest BCUT2D eigenvalue weighted by Gasteiger charge is -2.27. The Morgan fingerprint density at radius 3 is 3.00 bits per heavy atom. The molecule has 1 aromatic heterocycles. The molecule has 2 aliphatic rings. The zero-order valence-electron chi connectivity index (χ0n) is 14.4. The summed E-state index contributed by atoms with van der Waals surface area (Å²) in [5, 5.41) is 3.33. The van der Waals surface area contributed by atoms with Crippen LogP contribution in [0, 0.1) is 11.8 Å². The van der Waals surface area contributed by atoms with Crippen molar-refractivity contribution in [1.82, 2.24) is 14.9 Å². The minimum atomic E-state index is 0.0373. The summed E-state index contributed by atoms with van der Waals surface area (Å²) in [7, 11) is 0. The summed E-state index contributed by atoms with van der Waals surface area (Å²) >= 11 is 0. The molecule has 2 aliphatic heterocycles. The fourth-order valence-corrected chi connectivity index (χ4v) is 3.95. The Labute approximate surface area is 148 Å². The lowest BCUT2D eigenvalue weighted by Crippen LogP contribution is -2.38. The molecule has 1 saturated heterocycles. The number of carbonyl (C=O) groups excluding carboxylic acids is 1. The Balaban J connectivity index is 1.45. The number of nitrogens with one attached hydrogen (secondary N) is 1. The third-order valence-electron chi connectivity index (χ3n) is 5.45. The number of nitrogens with zero attached hydrogens (tertiary/aromatic N) is 2. The lowest BCUT2D eigenvalue weighted by atomic mass is 9.91. The van der Waals surface area contributed by atoms with Gasteiger partial charge in [-0.3, -0.25) is 4.79 Å². The molecule has 5 nitrogen and oxygen atoms in total. The maximum atomic E-state index is 12.9. The van der Waals surface area contributed by atoms with Crippen molar-refractivity contribution in [3.8, 4) is 0 Å². The molecule has 0 bridgehead atoms. The van der Waals surface area contributed by atoms with Gasteiger partial charge in [0.1, 0.15) is 0 Å². The van der Waals surface area contributed by atoms with Gasteiger partial charge in [-0.25, -0.2) is 4.98 Å². The van der Waals surface area contributed by atoms with Crippen LogP contribution >= 0.6 is 0 Å². The molecule has 3 heterocycles. The predicted molar refractivity (Wildman–Crippen MR) is 94.9 cm³/mol. The minimum Gasteiger partial charge on any atom is -0.381 e. The van der Waals surface area contributed by atoms with Crippen LogP contribution in [0.3, 0.4) is 0 Å². The number of aromatic nitrogens is 2. The van der Waals surface area contributed by atoms with E-state index in [1.54, 1.807) is 0 Å². The van der Waals surface area contributed by atoms with Crippen LogP contribution in [0.2, 0.25) is 0 Å². The topological polar surface area (TPSA) is 56.1 Å². The highest BCUT2D eigenvalue weighted by Gasteiger charge is 2.28. The van der Waals surface area contributed by atoms with E-state index >= 15 is 0 Å². The normalized spacial score (nSPS) is 23.8. The number of carbonyl (C=O) groups is 1. The number of aryl methyl sites for hydroxylation is 1. The van der Waals surface area contributed by atoms with Crippen LogP contribution < -0.4 is 5.32 Å². The lowest BCUT2D eigenvalue weighted by molar-refractivity contribution is -0.126. The van der Waals surface area contributed by atoms with E-state index in [0.29, 0.717) is 5.92 Å². The van der Waals surface area contributed by atoms with Gasteiger partial charge in [0, 0.05) is 44.0 Å². The van der Waals surface area contributed by atoms with Crippen molar-refractivity contribution in [2.75, 3.05) is 13.2 Å². The first kappa shape index (κ1) is 16.3. The van der Waals surface area contributed by atoms with Crippen LogP contribution in [-0.2, 0) is 22.5 Å². The number of hydrogen-bond donors (Lipinski definition) is 1. The minimum absolute atomic E-state index is 0.0373. The third kappa shape index (κ3) is 3.76. The summed E-state index contributed by atoms with van der Waals surface area (Å²) in [5.74, 6) is 0.730. The molecule has 0 radical (unpaired) electrons. The van der Waals surface area contributed by atoms with Crippen LogP contribution in [0.5, 0.6) is 0 Å². The highest BCUT2D eigenvalue weighted by atomic mass is 16.5. The molecule has 3 atom stereocenters. The van der Waals surface area contributed by atoms with Gasteiger partial charge >= 0.3 is 0 Å². The molecule has 0 aliphatic carbocycles. The van der Waals surface area contributed by atoms with Crippen molar-refractivity contribution >= 4 is 5.91 Å². The quantitative estimate of drug-likeness (QED) is 0.911. The van der Waals surface area contributed by atoms with E-state index in [9.17, 15) is 4.79 Å². The van der Waals surface area contributed by atoms with Crippen molar-refractivity contribution in [3.05, 3.63) is 54.1 Å². The average molecular weight is 339 g/mol. The van der Waals surface area contributed by atoms with Crippen LogP contribution in [0.15, 0.2) is 42.9 Å². The Morgan fingerprint density at radius 1 is 1.32 bits per heavy atom. The van der Waals surface area contributed by atoms with E-state index < -0.39 is 0 Å². The second kappa shape index (κ2) is 7.40. The van der Waals surface area contributed by atoms with Gasteiger partial charge in [-0.15, -0.1) is 0 Å². The first-order valence-electron chi connectivity index (χ1n) is 9.21. The van der Waals surface area contributed by atoms with Crippen LogP contribution in [0.25, 0.3) is 0 Å². The molecule has 0 saturated carbocycles. The molecule has 1 aromatic carbocycles. The maximum absolute atomic E-state index is 12.9.